The highest BCUT2D eigenvalue weighted by molar-refractivity contribution is 5.95. The first-order chi connectivity index (χ1) is 13.4. The smallest absolute Gasteiger partial charge is 0.337 e. The number of nitrogens with one attached hydrogen (secondary N) is 1. The van der Waals surface area contributed by atoms with Crippen LogP contribution in [-0.2, 0) is 14.3 Å². The van der Waals surface area contributed by atoms with E-state index in [9.17, 15) is 14.4 Å². The Morgan fingerprint density at radius 3 is 2.57 bits per heavy atom. The molecule has 28 heavy (non-hydrogen) atoms. The van der Waals surface area contributed by atoms with Crippen LogP contribution in [-0.4, -0.2) is 41.6 Å². The lowest BCUT2D eigenvalue weighted by molar-refractivity contribution is -0.138. The largest absolute Gasteiger partial charge is 0.481 e. The second-order valence-corrected chi connectivity index (χ2v) is 6.63. The molecule has 0 saturated carbocycles. The van der Waals surface area contributed by atoms with Gasteiger partial charge in [0, 0.05) is 18.7 Å². The third-order valence-corrected chi connectivity index (χ3v) is 4.88. The molecular formula is C21H22N2O5. The highest BCUT2D eigenvalue weighted by Crippen LogP contribution is 2.32. The standard InChI is InChI=1S/C21H22N2O5/c1-13-18(20(26)28-2)19(22-21(27)23(13)11-5-8-17(24)25)16-10-9-14-6-3-4-7-15(14)12-16/h3-4,6-7,9-10,12,19H,5,8,11H2,1-2H3,(H,22,27)(H,24,25). The summed E-state index contributed by atoms with van der Waals surface area (Å²) in [5.74, 6) is -1.46. The van der Waals surface area contributed by atoms with Gasteiger partial charge in [-0.25, -0.2) is 9.59 Å². The van der Waals surface area contributed by atoms with Crippen molar-refractivity contribution >= 4 is 28.7 Å². The molecule has 2 amide bonds. The van der Waals surface area contributed by atoms with E-state index in [4.69, 9.17) is 9.84 Å². The zero-order valence-electron chi connectivity index (χ0n) is 15.8. The van der Waals surface area contributed by atoms with E-state index in [1.807, 2.05) is 42.5 Å². The van der Waals surface area contributed by atoms with Gasteiger partial charge >= 0.3 is 18.0 Å². The summed E-state index contributed by atoms with van der Waals surface area (Å²) in [5, 5.41) is 13.7. The molecule has 1 aliphatic rings. The number of urea groups is 1. The maximum absolute atomic E-state index is 12.7. The molecule has 2 N–H and O–H groups in total. The van der Waals surface area contributed by atoms with Crippen molar-refractivity contribution in [1.82, 2.24) is 10.2 Å². The maximum atomic E-state index is 12.7. The lowest BCUT2D eigenvalue weighted by atomic mass is 9.93. The molecule has 1 aliphatic heterocycles. The summed E-state index contributed by atoms with van der Waals surface area (Å²) in [7, 11) is 1.30. The SMILES string of the molecule is COC(=O)C1=C(C)N(CCCC(=O)O)C(=O)NC1c1ccc2ccccc2c1. The number of allylic oxidation sites excluding steroid dienone is 1. The van der Waals surface area contributed by atoms with Crippen LogP contribution in [0.1, 0.15) is 31.4 Å². The van der Waals surface area contributed by atoms with Gasteiger partial charge in [-0.05, 0) is 35.7 Å². The first-order valence-corrected chi connectivity index (χ1v) is 9.00. The van der Waals surface area contributed by atoms with E-state index in [0.29, 0.717) is 11.3 Å². The maximum Gasteiger partial charge on any atom is 0.337 e. The number of carbonyl (C=O) groups is 3. The number of carbonyl (C=O) groups excluding carboxylic acids is 2. The van der Waals surface area contributed by atoms with Crippen molar-refractivity contribution in [3.63, 3.8) is 0 Å². The molecule has 0 aliphatic carbocycles. The Kier molecular flexibility index (Phi) is 5.63. The fourth-order valence-electron chi connectivity index (χ4n) is 3.45. The summed E-state index contributed by atoms with van der Waals surface area (Å²) >= 11 is 0. The van der Waals surface area contributed by atoms with Gasteiger partial charge in [0.25, 0.3) is 0 Å². The van der Waals surface area contributed by atoms with E-state index < -0.39 is 18.0 Å². The Bertz CT molecular complexity index is 966. The minimum atomic E-state index is -0.929. The number of rotatable bonds is 6. The van der Waals surface area contributed by atoms with Crippen molar-refractivity contribution in [2.24, 2.45) is 0 Å². The zero-order chi connectivity index (χ0) is 20.3. The van der Waals surface area contributed by atoms with Crippen molar-refractivity contribution in [2.75, 3.05) is 13.7 Å². The van der Waals surface area contributed by atoms with Crippen LogP contribution in [0.2, 0.25) is 0 Å². The highest BCUT2D eigenvalue weighted by Gasteiger charge is 2.36. The highest BCUT2D eigenvalue weighted by atomic mass is 16.5. The molecule has 0 radical (unpaired) electrons. The Hall–Kier alpha value is -3.35. The van der Waals surface area contributed by atoms with E-state index in [1.165, 1.54) is 12.0 Å². The number of hydrogen-bond donors (Lipinski definition) is 2. The average molecular weight is 382 g/mol. The summed E-state index contributed by atoms with van der Waals surface area (Å²) in [6, 6.07) is 12.6. The Morgan fingerprint density at radius 1 is 1.18 bits per heavy atom. The molecule has 0 bridgehead atoms. The second-order valence-electron chi connectivity index (χ2n) is 6.63. The molecule has 1 heterocycles. The lowest BCUT2D eigenvalue weighted by Crippen LogP contribution is -2.48. The van der Waals surface area contributed by atoms with Gasteiger partial charge in [-0.3, -0.25) is 9.69 Å². The van der Waals surface area contributed by atoms with Gasteiger partial charge in [-0.15, -0.1) is 0 Å². The molecule has 2 aromatic rings. The van der Waals surface area contributed by atoms with Crippen molar-refractivity contribution in [3.8, 4) is 0 Å². The van der Waals surface area contributed by atoms with Crippen molar-refractivity contribution in [3.05, 3.63) is 59.3 Å². The average Bonchev–Trinajstić information content (AvgIpc) is 2.69. The summed E-state index contributed by atoms with van der Waals surface area (Å²) in [5.41, 5.74) is 1.59. The summed E-state index contributed by atoms with van der Waals surface area (Å²) < 4.78 is 4.96. The van der Waals surface area contributed by atoms with Crippen LogP contribution in [0.4, 0.5) is 4.79 Å². The van der Waals surface area contributed by atoms with Gasteiger partial charge in [0.15, 0.2) is 0 Å². The number of amides is 2. The number of benzene rings is 2. The Balaban J connectivity index is 1.99. The molecule has 7 nitrogen and oxygen atoms in total. The zero-order valence-corrected chi connectivity index (χ0v) is 15.8. The van der Waals surface area contributed by atoms with Crippen LogP contribution in [0.15, 0.2) is 53.7 Å². The molecule has 0 fully saturated rings. The fraction of sp³-hybridized carbons (Fsp3) is 0.286. The lowest BCUT2D eigenvalue weighted by Gasteiger charge is -2.35. The van der Waals surface area contributed by atoms with Gasteiger partial charge in [0.2, 0.25) is 0 Å². The predicted molar refractivity (Wildman–Crippen MR) is 104 cm³/mol. The Labute approximate surface area is 162 Å². The molecule has 146 valence electrons. The normalized spacial score (nSPS) is 16.9. The van der Waals surface area contributed by atoms with Crippen molar-refractivity contribution in [2.45, 2.75) is 25.8 Å². The van der Waals surface area contributed by atoms with E-state index in [0.717, 1.165) is 16.3 Å². The minimum Gasteiger partial charge on any atom is -0.481 e. The molecule has 0 saturated heterocycles. The molecule has 1 atom stereocenters. The number of aliphatic carboxylic acids is 1. The number of hydrogen-bond acceptors (Lipinski definition) is 4. The van der Waals surface area contributed by atoms with Crippen molar-refractivity contribution in [1.29, 1.82) is 0 Å². The van der Waals surface area contributed by atoms with E-state index in [2.05, 4.69) is 5.32 Å². The first-order valence-electron chi connectivity index (χ1n) is 9.00. The van der Waals surface area contributed by atoms with E-state index in [-0.39, 0.29) is 25.4 Å². The molecule has 2 aromatic carbocycles. The van der Waals surface area contributed by atoms with Gasteiger partial charge in [0.1, 0.15) is 0 Å². The first kappa shape index (κ1) is 19.4. The van der Waals surface area contributed by atoms with Gasteiger partial charge < -0.3 is 15.2 Å². The topological polar surface area (TPSA) is 95.9 Å². The predicted octanol–water partition coefficient (Wildman–Crippen LogP) is 3.22. The number of carboxylic acids is 1. The van der Waals surface area contributed by atoms with Crippen LogP contribution in [0, 0.1) is 0 Å². The molecule has 7 heteroatoms. The second kappa shape index (κ2) is 8.12. The van der Waals surface area contributed by atoms with Crippen LogP contribution < -0.4 is 5.32 Å². The number of carboxylic acid groups (broad SMARTS) is 1. The number of esters is 1. The van der Waals surface area contributed by atoms with Crippen molar-refractivity contribution < 1.29 is 24.2 Å². The van der Waals surface area contributed by atoms with Crippen LogP contribution in [0.3, 0.4) is 0 Å². The Morgan fingerprint density at radius 2 is 1.89 bits per heavy atom. The monoisotopic (exact) mass is 382 g/mol. The molecule has 3 rings (SSSR count). The third kappa shape index (κ3) is 3.83. The number of methoxy groups -OCH3 is 1. The fourth-order valence-corrected chi connectivity index (χ4v) is 3.45. The summed E-state index contributed by atoms with van der Waals surface area (Å²) in [6.07, 6.45) is 0.230. The van der Waals surface area contributed by atoms with Crippen LogP contribution in [0.25, 0.3) is 10.8 Å². The van der Waals surface area contributed by atoms with E-state index in [1.54, 1.807) is 6.92 Å². The molecule has 0 aromatic heterocycles. The molecule has 0 spiro atoms. The van der Waals surface area contributed by atoms with Crippen LogP contribution >= 0.6 is 0 Å². The molecule has 1 unspecified atom stereocenters. The number of ether oxygens (including phenoxy) is 1. The number of fused-ring (bicyclic) bond motifs is 1. The summed E-state index contributed by atoms with van der Waals surface area (Å²) in [6.45, 7) is 1.88. The minimum absolute atomic E-state index is 0.0568. The summed E-state index contributed by atoms with van der Waals surface area (Å²) in [4.78, 5) is 37.3. The molecular weight excluding hydrogens is 360 g/mol. The number of nitrogens with zero attached hydrogens (tertiary/aromatic N) is 1. The van der Waals surface area contributed by atoms with Gasteiger partial charge in [-0.2, -0.15) is 0 Å². The van der Waals surface area contributed by atoms with Gasteiger partial charge in [-0.1, -0.05) is 36.4 Å². The quantitative estimate of drug-likeness (QED) is 0.748. The third-order valence-electron chi connectivity index (χ3n) is 4.88. The van der Waals surface area contributed by atoms with Crippen LogP contribution in [0.5, 0.6) is 0 Å². The van der Waals surface area contributed by atoms with Gasteiger partial charge in [0.05, 0.1) is 18.7 Å². The van der Waals surface area contributed by atoms with E-state index >= 15 is 0 Å².